The third-order valence-electron chi connectivity index (χ3n) is 3.01. The van der Waals surface area contributed by atoms with Crippen LogP contribution in [-0.2, 0) is 0 Å². The molecule has 0 bridgehead atoms. The Bertz CT molecular complexity index is 423. The number of pyridine rings is 1. The van der Waals surface area contributed by atoms with E-state index in [1.165, 1.54) is 12.3 Å². The number of rotatable bonds is 6. The maximum absolute atomic E-state index is 11.0. The van der Waals surface area contributed by atoms with Crippen LogP contribution < -0.4 is 4.90 Å². The lowest BCUT2D eigenvalue weighted by Gasteiger charge is -2.25. The van der Waals surface area contributed by atoms with E-state index in [1.807, 2.05) is 6.92 Å². The Labute approximate surface area is 113 Å². The van der Waals surface area contributed by atoms with Crippen molar-refractivity contribution in [3.63, 3.8) is 0 Å². The van der Waals surface area contributed by atoms with Crippen LogP contribution in [0.4, 0.5) is 5.82 Å². The van der Waals surface area contributed by atoms with E-state index in [2.05, 4.69) is 23.7 Å². The van der Waals surface area contributed by atoms with Crippen LogP contribution in [0.1, 0.15) is 37.6 Å². The third-order valence-corrected chi connectivity index (χ3v) is 3.31. The van der Waals surface area contributed by atoms with Crippen molar-refractivity contribution in [2.75, 3.05) is 18.0 Å². The van der Waals surface area contributed by atoms with Gasteiger partial charge in [0.25, 0.3) is 0 Å². The van der Waals surface area contributed by atoms with Gasteiger partial charge in [-0.15, -0.1) is 0 Å². The normalized spacial score (nSPS) is 12.2. The lowest BCUT2D eigenvalue weighted by molar-refractivity contribution is 0.0697. The van der Waals surface area contributed by atoms with Crippen LogP contribution in [0.25, 0.3) is 0 Å². The zero-order valence-electron chi connectivity index (χ0n) is 11.0. The highest BCUT2D eigenvalue weighted by molar-refractivity contribution is 6.33. The third kappa shape index (κ3) is 3.60. The van der Waals surface area contributed by atoms with Crippen molar-refractivity contribution in [2.45, 2.75) is 27.2 Å². The Balaban J connectivity index is 2.99. The predicted molar refractivity (Wildman–Crippen MR) is 73.5 cm³/mol. The van der Waals surface area contributed by atoms with Crippen LogP contribution in [-0.4, -0.2) is 29.1 Å². The predicted octanol–water partition coefficient (Wildman–Crippen LogP) is 3.31. The molecule has 4 nitrogen and oxygen atoms in total. The quantitative estimate of drug-likeness (QED) is 0.862. The Morgan fingerprint density at radius 2 is 2.22 bits per heavy atom. The van der Waals surface area contributed by atoms with E-state index in [9.17, 15) is 4.79 Å². The first kappa shape index (κ1) is 14.8. The average molecular weight is 271 g/mol. The van der Waals surface area contributed by atoms with Crippen LogP contribution >= 0.6 is 11.6 Å². The van der Waals surface area contributed by atoms with E-state index >= 15 is 0 Å². The summed E-state index contributed by atoms with van der Waals surface area (Å²) in [5.74, 6) is 0.179. The zero-order valence-corrected chi connectivity index (χ0v) is 11.7. The van der Waals surface area contributed by atoms with E-state index in [0.29, 0.717) is 11.7 Å². The molecule has 0 aliphatic rings. The number of hydrogen-bond donors (Lipinski definition) is 1. The molecule has 0 spiro atoms. The molecule has 18 heavy (non-hydrogen) atoms. The van der Waals surface area contributed by atoms with Crippen LogP contribution in [0.2, 0.25) is 5.02 Å². The first-order valence-electron chi connectivity index (χ1n) is 6.13. The smallest absolute Gasteiger partial charge is 0.337 e. The SMILES string of the molecule is CCC(C)CN(CC)c1cc(C(=O)O)c(Cl)cn1. The maximum Gasteiger partial charge on any atom is 0.337 e. The summed E-state index contributed by atoms with van der Waals surface area (Å²) in [6, 6.07) is 1.54. The van der Waals surface area contributed by atoms with Crippen molar-refractivity contribution in [1.82, 2.24) is 4.98 Å². The second-order valence-electron chi connectivity index (χ2n) is 4.38. The van der Waals surface area contributed by atoms with Gasteiger partial charge in [-0.25, -0.2) is 9.78 Å². The minimum Gasteiger partial charge on any atom is -0.478 e. The zero-order chi connectivity index (χ0) is 13.7. The molecule has 0 amide bonds. The van der Waals surface area contributed by atoms with Crippen molar-refractivity contribution in [3.05, 3.63) is 22.8 Å². The minimum absolute atomic E-state index is 0.101. The largest absolute Gasteiger partial charge is 0.478 e. The molecule has 0 fully saturated rings. The van der Waals surface area contributed by atoms with Crippen LogP contribution in [0.3, 0.4) is 0 Å². The standard InChI is InChI=1S/C13H19ClN2O2/c1-4-9(3)8-16(5-2)12-6-10(13(17)18)11(14)7-15-12/h6-7,9H,4-5,8H2,1-3H3,(H,17,18). The Morgan fingerprint density at radius 1 is 1.56 bits per heavy atom. The highest BCUT2D eigenvalue weighted by atomic mass is 35.5. The lowest BCUT2D eigenvalue weighted by atomic mass is 10.1. The maximum atomic E-state index is 11.0. The molecule has 0 saturated heterocycles. The molecule has 1 aromatic heterocycles. The Morgan fingerprint density at radius 3 is 2.72 bits per heavy atom. The molecule has 1 rings (SSSR count). The number of carboxylic acid groups (broad SMARTS) is 1. The summed E-state index contributed by atoms with van der Waals surface area (Å²) < 4.78 is 0. The number of anilines is 1. The molecule has 1 heterocycles. The number of halogens is 1. The number of nitrogens with zero attached hydrogens (tertiary/aromatic N) is 2. The number of aromatic carboxylic acids is 1. The fraction of sp³-hybridized carbons (Fsp3) is 0.538. The molecule has 100 valence electrons. The minimum atomic E-state index is -1.02. The first-order valence-corrected chi connectivity index (χ1v) is 6.51. The lowest BCUT2D eigenvalue weighted by Crippen LogP contribution is -2.29. The highest BCUT2D eigenvalue weighted by Crippen LogP contribution is 2.21. The molecular formula is C13H19ClN2O2. The van der Waals surface area contributed by atoms with E-state index in [1.54, 1.807) is 0 Å². The highest BCUT2D eigenvalue weighted by Gasteiger charge is 2.15. The molecule has 1 unspecified atom stereocenters. The second-order valence-corrected chi connectivity index (χ2v) is 4.79. The van der Waals surface area contributed by atoms with E-state index in [-0.39, 0.29) is 10.6 Å². The van der Waals surface area contributed by atoms with Gasteiger partial charge >= 0.3 is 5.97 Å². The molecule has 1 atom stereocenters. The van der Waals surface area contributed by atoms with E-state index in [4.69, 9.17) is 16.7 Å². The van der Waals surface area contributed by atoms with Crippen molar-refractivity contribution in [1.29, 1.82) is 0 Å². The molecule has 0 radical (unpaired) electrons. The number of hydrogen-bond acceptors (Lipinski definition) is 3. The molecule has 1 N–H and O–H groups in total. The van der Waals surface area contributed by atoms with Crippen molar-refractivity contribution >= 4 is 23.4 Å². The summed E-state index contributed by atoms with van der Waals surface area (Å²) in [5.41, 5.74) is 0.101. The van der Waals surface area contributed by atoms with Crippen LogP contribution in [0.15, 0.2) is 12.3 Å². The molecular weight excluding hydrogens is 252 g/mol. The summed E-state index contributed by atoms with van der Waals surface area (Å²) in [7, 11) is 0. The van der Waals surface area contributed by atoms with Gasteiger partial charge < -0.3 is 10.0 Å². The van der Waals surface area contributed by atoms with Gasteiger partial charge in [0.05, 0.1) is 10.6 Å². The average Bonchev–Trinajstić information content (AvgIpc) is 2.36. The molecule has 0 aliphatic heterocycles. The van der Waals surface area contributed by atoms with Gasteiger partial charge in [-0.1, -0.05) is 31.9 Å². The fourth-order valence-corrected chi connectivity index (χ4v) is 1.84. The summed E-state index contributed by atoms with van der Waals surface area (Å²) in [6.07, 6.45) is 2.48. The van der Waals surface area contributed by atoms with Gasteiger partial charge in [-0.05, 0) is 18.9 Å². The van der Waals surface area contributed by atoms with Crippen LogP contribution in [0.5, 0.6) is 0 Å². The first-order chi connectivity index (χ1) is 8.49. The Hall–Kier alpha value is -1.29. The van der Waals surface area contributed by atoms with Crippen molar-refractivity contribution in [2.24, 2.45) is 5.92 Å². The molecule has 0 aliphatic carbocycles. The molecule has 1 aromatic rings. The number of carbonyl (C=O) groups is 1. The van der Waals surface area contributed by atoms with Gasteiger partial charge in [-0.2, -0.15) is 0 Å². The Kier molecular flexibility index (Phi) is 5.41. The number of carboxylic acids is 1. The van der Waals surface area contributed by atoms with E-state index in [0.717, 1.165) is 19.5 Å². The molecule has 0 aromatic carbocycles. The van der Waals surface area contributed by atoms with Gasteiger partial charge in [0.15, 0.2) is 0 Å². The van der Waals surface area contributed by atoms with Gasteiger partial charge in [-0.3, -0.25) is 0 Å². The summed E-state index contributed by atoms with van der Waals surface area (Å²) in [4.78, 5) is 17.3. The monoisotopic (exact) mass is 270 g/mol. The van der Waals surface area contributed by atoms with Crippen LogP contribution in [0, 0.1) is 5.92 Å². The van der Waals surface area contributed by atoms with Crippen molar-refractivity contribution < 1.29 is 9.90 Å². The topological polar surface area (TPSA) is 53.4 Å². The summed E-state index contributed by atoms with van der Waals surface area (Å²) in [5, 5.41) is 9.21. The summed E-state index contributed by atoms with van der Waals surface area (Å²) in [6.45, 7) is 7.98. The molecule has 0 saturated carbocycles. The molecule has 5 heteroatoms. The van der Waals surface area contributed by atoms with Crippen molar-refractivity contribution in [3.8, 4) is 0 Å². The van der Waals surface area contributed by atoms with Gasteiger partial charge in [0, 0.05) is 19.3 Å². The number of aromatic nitrogens is 1. The summed E-state index contributed by atoms with van der Waals surface area (Å²) >= 11 is 5.81. The van der Waals surface area contributed by atoms with Gasteiger partial charge in [0.2, 0.25) is 0 Å². The fourth-order valence-electron chi connectivity index (χ4n) is 1.65. The van der Waals surface area contributed by atoms with Gasteiger partial charge in [0.1, 0.15) is 5.82 Å². The second kappa shape index (κ2) is 6.59. The van der Waals surface area contributed by atoms with E-state index < -0.39 is 5.97 Å².